The molecule has 0 aromatic carbocycles. The normalized spacial score (nSPS) is 26.6. The highest BCUT2D eigenvalue weighted by Crippen LogP contribution is 2.38. The number of hydrogen-bond donors (Lipinski definition) is 2. The minimum absolute atomic E-state index is 0.0823. The second-order valence-electron chi connectivity index (χ2n) is 4.61. The molecule has 15 heavy (non-hydrogen) atoms. The lowest BCUT2D eigenvalue weighted by Crippen LogP contribution is -2.37. The lowest BCUT2D eigenvalue weighted by atomic mass is 9.98. The van der Waals surface area contributed by atoms with Crippen LogP contribution in [0.2, 0.25) is 0 Å². The summed E-state index contributed by atoms with van der Waals surface area (Å²) in [4.78, 5) is 14.1. The lowest BCUT2D eigenvalue weighted by Gasteiger charge is -2.34. The third-order valence-corrected chi connectivity index (χ3v) is 3.67. The summed E-state index contributed by atoms with van der Waals surface area (Å²) in [6.45, 7) is 3.25. The first-order chi connectivity index (χ1) is 7.31. The van der Waals surface area contributed by atoms with Crippen LogP contribution in [0.15, 0.2) is 4.79 Å². The van der Waals surface area contributed by atoms with Gasteiger partial charge in [-0.05, 0) is 25.7 Å². The fourth-order valence-electron chi connectivity index (χ4n) is 2.77. The minimum Gasteiger partial charge on any atom is -0.300 e. The molecule has 1 fully saturated rings. The number of fused-ring (bicyclic) bond motifs is 1. The van der Waals surface area contributed by atoms with E-state index < -0.39 is 0 Å². The Morgan fingerprint density at radius 1 is 1.40 bits per heavy atom. The molecule has 1 saturated carbocycles. The van der Waals surface area contributed by atoms with Crippen molar-refractivity contribution in [2.45, 2.75) is 44.7 Å². The van der Waals surface area contributed by atoms with E-state index in [2.05, 4.69) is 22.0 Å². The molecule has 0 radical (unpaired) electrons. The molecule has 2 aliphatic rings. The molecule has 1 aromatic heterocycles. The molecule has 0 amide bonds. The maximum absolute atomic E-state index is 11.5. The van der Waals surface area contributed by atoms with Gasteiger partial charge in [-0.15, -0.1) is 0 Å². The van der Waals surface area contributed by atoms with Gasteiger partial charge in [0, 0.05) is 18.2 Å². The molecule has 4 heteroatoms. The molecule has 1 atom stereocenters. The van der Waals surface area contributed by atoms with Gasteiger partial charge < -0.3 is 5.10 Å². The van der Waals surface area contributed by atoms with E-state index in [0.717, 1.165) is 36.7 Å². The first-order valence-electron chi connectivity index (χ1n) is 5.86. The Bertz CT molecular complexity index is 416. The van der Waals surface area contributed by atoms with E-state index in [-0.39, 0.29) is 5.56 Å². The molecular weight excluding hydrogens is 190 g/mol. The smallest absolute Gasteiger partial charge is 0.267 e. The zero-order valence-corrected chi connectivity index (χ0v) is 9.05. The van der Waals surface area contributed by atoms with Crippen LogP contribution in [0.25, 0.3) is 0 Å². The number of H-pyrrole nitrogens is 2. The van der Waals surface area contributed by atoms with Gasteiger partial charge in [-0.3, -0.25) is 14.8 Å². The fraction of sp³-hybridized carbons (Fsp3) is 0.727. The van der Waals surface area contributed by atoms with Gasteiger partial charge >= 0.3 is 0 Å². The van der Waals surface area contributed by atoms with Crippen molar-refractivity contribution < 1.29 is 0 Å². The number of hydrogen-bond acceptors (Lipinski definition) is 2. The molecule has 82 valence electrons. The summed E-state index contributed by atoms with van der Waals surface area (Å²) in [5.74, 6) is 0. The van der Waals surface area contributed by atoms with Gasteiger partial charge in [0.25, 0.3) is 5.56 Å². The van der Waals surface area contributed by atoms with E-state index in [9.17, 15) is 4.79 Å². The van der Waals surface area contributed by atoms with E-state index in [1.165, 1.54) is 12.8 Å². The van der Waals surface area contributed by atoms with Crippen LogP contribution in [0.3, 0.4) is 0 Å². The van der Waals surface area contributed by atoms with Crippen molar-refractivity contribution in [2.75, 3.05) is 6.54 Å². The van der Waals surface area contributed by atoms with Crippen LogP contribution >= 0.6 is 0 Å². The highest BCUT2D eigenvalue weighted by Gasteiger charge is 2.38. The van der Waals surface area contributed by atoms with Crippen molar-refractivity contribution in [2.24, 2.45) is 0 Å². The largest absolute Gasteiger partial charge is 0.300 e. The molecule has 3 rings (SSSR count). The van der Waals surface area contributed by atoms with Crippen LogP contribution in [-0.4, -0.2) is 27.7 Å². The topological polar surface area (TPSA) is 51.9 Å². The zero-order valence-electron chi connectivity index (χ0n) is 9.05. The monoisotopic (exact) mass is 207 g/mol. The summed E-state index contributed by atoms with van der Waals surface area (Å²) in [5.41, 5.74) is 2.21. The Morgan fingerprint density at radius 3 is 2.87 bits per heavy atom. The van der Waals surface area contributed by atoms with Crippen molar-refractivity contribution in [1.82, 2.24) is 15.1 Å². The first kappa shape index (κ1) is 9.21. The Morgan fingerprint density at radius 2 is 2.20 bits per heavy atom. The molecule has 1 aromatic rings. The minimum atomic E-state index is 0.0823. The molecule has 1 aliphatic heterocycles. The third-order valence-electron chi connectivity index (χ3n) is 3.67. The lowest BCUT2D eigenvalue weighted by molar-refractivity contribution is 0.166. The first-order valence-corrected chi connectivity index (χ1v) is 5.86. The van der Waals surface area contributed by atoms with E-state index in [1.807, 2.05) is 0 Å². The number of nitrogens with one attached hydrogen (secondary N) is 2. The number of aromatic nitrogens is 2. The molecule has 1 unspecified atom stereocenters. The number of rotatable bonds is 2. The van der Waals surface area contributed by atoms with Crippen molar-refractivity contribution in [3.63, 3.8) is 0 Å². The van der Waals surface area contributed by atoms with Gasteiger partial charge in [0.15, 0.2) is 0 Å². The average molecular weight is 207 g/mol. The number of nitrogens with zero attached hydrogens (tertiary/aromatic N) is 1. The fourth-order valence-corrected chi connectivity index (χ4v) is 2.77. The maximum Gasteiger partial charge on any atom is 0.267 e. The van der Waals surface area contributed by atoms with Gasteiger partial charge in [0.05, 0.1) is 11.7 Å². The molecule has 1 aliphatic carbocycles. The molecule has 0 spiro atoms. The molecule has 2 N–H and O–H groups in total. The highest BCUT2D eigenvalue weighted by molar-refractivity contribution is 5.24. The molecule has 0 saturated heterocycles. The van der Waals surface area contributed by atoms with Gasteiger partial charge in [-0.2, -0.15) is 0 Å². The maximum atomic E-state index is 11.5. The van der Waals surface area contributed by atoms with E-state index in [1.54, 1.807) is 0 Å². The third kappa shape index (κ3) is 1.35. The second-order valence-corrected chi connectivity index (χ2v) is 4.61. The predicted octanol–water partition coefficient (Wildman–Crippen LogP) is 1.17. The van der Waals surface area contributed by atoms with Crippen LogP contribution in [0.5, 0.6) is 0 Å². The van der Waals surface area contributed by atoms with E-state index in [0.29, 0.717) is 6.04 Å². The summed E-state index contributed by atoms with van der Waals surface area (Å²) < 4.78 is 0. The zero-order chi connectivity index (χ0) is 10.4. The predicted molar refractivity (Wildman–Crippen MR) is 57.9 cm³/mol. The second kappa shape index (κ2) is 3.23. The van der Waals surface area contributed by atoms with Crippen LogP contribution in [-0.2, 0) is 6.42 Å². The average Bonchev–Trinajstić information content (AvgIpc) is 3.03. The van der Waals surface area contributed by atoms with E-state index in [4.69, 9.17) is 0 Å². The Labute approximate surface area is 88.7 Å². The van der Waals surface area contributed by atoms with Crippen molar-refractivity contribution in [3.05, 3.63) is 21.6 Å². The summed E-state index contributed by atoms with van der Waals surface area (Å²) in [6.07, 6.45) is 4.65. The van der Waals surface area contributed by atoms with Crippen molar-refractivity contribution >= 4 is 0 Å². The van der Waals surface area contributed by atoms with Crippen LogP contribution in [0.1, 0.15) is 43.5 Å². The highest BCUT2D eigenvalue weighted by atomic mass is 16.1. The van der Waals surface area contributed by atoms with Crippen LogP contribution in [0, 0.1) is 0 Å². The molecule has 0 bridgehead atoms. The summed E-state index contributed by atoms with van der Waals surface area (Å²) in [6, 6.07) is 1.21. The Kier molecular flexibility index (Phi) is 1.99. The molecule has 4 nitrogen and oxygen atoms in total. The standard InChI is InChI=1S/C11H17N3O/c1-2-9-10-8(11(15)13-12-10)5-6-14(9)7-3-4-7/h7,9H,2-6H2,1H3,(H2,12,13,15). The van der Waals surface area contributed by atoms with Gasteiger partial charge in [-0.25, -0.2) is 0 Å². The molecular formula is C11H17N3O. The van der Waals surface area contributed by atoms with Crippen molar-refractivity contribution in [1.29, 1.82) is 0 Å². The Hall–Kier alpha value is -1.03. The van der Waals surface area contributed by atoms with Crippen LogP contribution < -0.4 is 5.56 Å². The SMILES string of the molecule is CCC1c2[nH][nH]c(=O)c2CCN1C1CC1. The summed E-state index contributed by atoms with van der Waals surface area (Å²) in [7, 11) is 0. The van der Waals surface area contributed by atoms with Gasteiger partial charge in [0.2, 0.25) is 0 Å². The molecule has 2 heterocycles. The van der Waals surface area contributed by atoms with Gasteiger partial charge in [-0.1, -0.05) is 6.92 Å². The van der Waals surface area contributed by atoms with Gasteiger partial charge in [0.1, 0.15) is 0 Å². The summed E-state index contributed by atoms with van der Waals surface area (Å²) >= 11 is 0. The number of aromatic amines is 2. The quantitative estimate of drug-likeness (QED) is 0.765. The Balaban J connectivity index is 1.98. The van der Waals surface area contributed by atoms with Crippen LogP contribution in [0.4, 0.5) is 0 Å². The summed E-state index contributed by atoms with van der Waals surface area (Å²) in [5, 5.41) is 5.78. The van der Waals surface area contributed by atoms with Crippen molar-refractivity contribution in [3.8, 4) is 0 Å². The van der Waals surface area contributed by atoms with E-state index >= 15 is 0 Å².